The number of halogens is 3. The number of ether oxygens (including phenoxy) is 1. The summed E-state index contributed by atoms with van der Waals surface area (Å²) in [5.41, 5.74) is 6.20. The molecular weight excluding hydrogens is 573 g/mol. The molecule has 8 nitrogen and oxygen atoms in total. The number of amides is 2. The largest absolute Gasteiger partial charge is 0.439 e. The van der Waals surface area contributed by atoms with Gasteiger partial charge >= 0.3 is 6.09 Å². The molecule has 2 aliphatic heterocycles. The van der Waals surface area contributed by atoms with Gasteiger partial charge in [-0.15, -0.1) is 0 Å². The molecule has 2 aromatic carbocycles. The number of hydrogen-bond donors (Lipinski definition) is 2. The van der Waals surface area contributed by atoms with Crippen molar-refractivity contribution in [3.63, 3.8) is 0 Å². The number of rotatable bonds is 4. The van der Waals surface area contributed by atoms with Crippen LogP contribution < -0.4 is 9.80 Å². The van der Waals surface area contributed by atoms with E-state index >= 15 is 0 Å². The lowest BCUT2D eigenvalue weighted by Gasteiger charge is -2.33. The zero-order chi connectivity index (χ0) is 28.6. The van der Waals surface area contributed by atoms with Gasteiger partial charge in [0.15, 0.2) is 5.60 Å². The van der Waals surface area contributed by atoms with Gasteiger partial charge in [-0.3, -0.25) is 9.69 Å². The number of H-pyrrole nitrogens is 2. The molecule has 210 valence electrons. The van der Waals surface area contributed by atoms with E-state index in [1.165, 1.54) is 16.5 Å². The molecule has 2 aromatic heterocycles. The number of anilines is 2. The van der Waals surface area contributed by atoms with Gasteiger partial charge in [0.05, 0.1) is 5.69 Å². The Morgan fingerprint density at radius 3 is 2.33 bits per heavy atom. The topological polar surface area (TPSA) is 84.7 Å². The number of hydrogen-bond acceptors (Lipinski definition) is 4. The van der Waals surface area contributed by atoms with Crippen LogP contribution in [0.2, 0.25) is 0 Å². The maximum atomic E-state index is 13.8. The molecule has 4 heterocycles. The molecule has 0 saturated heterocycles. The number of aromatic nitrogens is 2. The Morgan fingerprint density at radius 2 is 1.62 bits per heavy atom. The van der Waals surface area contributed by atoms with E-state index in [9.17, 15) is 9.59 Å². The molecular formula is C29H30Cl3N5O3. The van der Waals surface area contributed by atoms with Crippen molar-refractivity contribution >= 4 is 80.0 Å². The Kier molecular flexibility index (Phi) is 6.53. The molecule has 40 heavy (non-hydrogen) atoms. The van der Waals surface area contributed by atoms with Crippen LogP contribution in [0.15, 0.2) is 36.5 Å². The molecule has 0 radical (unpaired) electrons. The molecule has 0 bridgehead atoms. The van der Waals surface area contributed by atoms with E-state index in [-0.39, 0.29) is 5.91 Å². The predicted octanol–water partition coefficient (Wildman–Crippen LogP) is 6.56. The molecule has 0 aliphatic carbocycles. The molecule has 4 aromatic rings. The molecule has 0 unspecified atom stereocenters. The van der Waals surface area contributed by atoms with E-state index < -0.39 is 15.5 Å². The fourth-order valence-corrected chi connectivity index (χ4v) is 5.90. The fraction of sp³-hybridized carbons (Fsp3) is 0.379. The van der Waals surface area contributed by atoms with Gasteiger partial charge in [0.25, 0.3) is 5.91 Å². The van der Waals surface area contributed by atoms with Gasteiger partial charge in [-0.05, 0) is 87.8 Å². The molecule has 6 rings (SSSR count). The summed E-state index contributed by atoms with van der Waals surface area (Å²) < 4.78 is 3.79. The molecule has 11 heteroatoms. The highest BCUT2D eigenvalue weighted by molar-refractivity contribution is 6.68. The minimum Gasteiger partial charge on any atom is -0.439 e. The smallest absolute Gasteiger partial charge is 0.414 e. The molecule has 0 fully saturated rings. The van der Waals surface area contributed by atoms with Crippen LogP contribution in [0.25, 0.3) is 21.8 Å². The summed E-state index contributed by atoms with van der Waals surface area (Å²) in [5, 5.41) is 2.12. The highest BCUT2D eigenvalue weighted by Crippen LogP contribution is 2.42. The van der Waals surface area contributed by atoms with Gasteiger partial charge in [-0.1, -0.05) is 34.8 Å². The number of alkyl halides is 3. The number of aromatic amines is 2. The Morgan fingerprint density at radius 1 is 0.975 bits per heavy atom. The van der Waals surface area contributed by atoms with Crippen molar-refractivity contribution in [2.24, 2.45) is 0 Å². The summed E-state index contributed by atoms with van der Waals surface area (Å²) in [7, 11) is 4.11. The van der Waals surface area contributed by atoms with Crippen LogP contribution in [0.1, 0.15) is 41.0 Å². The maximum Gasteiger partial charge on any atom is 0.414 e. The van der Waals surface area contributed by atoms with Crippen molar-refractivity contribution < 1.29 is 14.3 Å². The molecule has 2 aliphatic rings. The van der Waals surface area contributed by atoms with E-state index in [2.05, 4.69) is 41.2 Å². The maximum absolute atomic E-state index is 13.8. The Bertz CT molecular complexity index is 1670. The van der Waals surface area contributed by atoms with Gasteiger partial charge in [0.2, 0.25) is 3.79 Å². The van der Waals surface area contributed by atoms with Gasteiger partial charge in [0, 0.05) is 53.3 Å². The van der Waals surface area contributed by atoms with Crippen LogP contribution in [0.4, 0.5) is 16.2 Å². The Balaban J connectivity index is 1.29. The first kappa shape index (κ1) is 27.3. The summed E-state index contributed by atoms with van der Waals surface area (Å²) in [6.45, 7) is 4.99. The van der Waals surface area contributed by atoms with E-state index in [1.807, 2.05) is 29.2 Å². The summed E-state index contributed by atoms with van der Waals surface area (Å²) in [6, 6.07) is 9.71. The number of fused-ring (bicyclic) bond motifs is 6. The summed E-state index contributed by atoms with van der Waals surface area (Å²) in [6.07, 6.45) is 2.90. The third-order valence-electron chi connectivity index (χ3n) is 7.86. The first-order chi connectivity index (χ1) is 18.9. The number of carbonyl (C=O) groups is 2. The van der Waals surface area contributed by atoms with Crippen molar-refractivity contribution in [1.82, 2.24) is 14.9 Å². The van der Waals surface area contributed by atoms with Crippen LogP contribution >= 0.6 is 34.8 Å². The minimum absolute atomic E-state index is 0.0774. The molecule has 2 amide bonds. The second-order valence-electron chi connectivity index (χ2n) is 11.2. The van der Waals surface area contributed by atoms with Crippen molar-refractivity contribution in [3.8, 4) is 0 Å². The lowest BCUT2D eigenvalue weighted by atomic mass is 10.0. The van der Waals surface area contributed by atoms with Gasteiger partial charge in [-0.25, -0.2) is 4.79 Å². The highest BCUT2D eigenvalue weighted by atomic mass is 35.6. The predicted molar refractivity (Wildman–Crippen MR) is 161 cm³/mol. The standard InChI is InChI=1S/C29H30Cl3N5O3/c1-28(2,29(30,31)32)40-27(39)37-12-9-17-19-13-22(34-20(19)5-7-23(17)37)26(38)36-11-10-18-24(36)8-6-21-25(18)16(14-33-21)15-35(3)4/h5-8,13-14,33-34H,9-12,15H2,1-4H3. The van der Waals surface area contributed by atoms with E-state index in [0.717, 1.165) is 46.3 Å². The number of carbonyl (C=O) groups excluding carboxylic acids is 2. The van der Waals surface area contributed by atoms with Crippen LogP contribution in [0.5, 0.6) is 0 Å². The molecule has 0 spiro atoms. The lowest BCUT2D eigenvalue weighted by Crippen LogP contribution is -2.45. The van der Waals surface area contributed by atoms with Crippen LogP contribution in [0.3, 0.4) is 0 Å². The van der Waals surface area contributed by atoms with Gasteiger partial charge in [0.1, 0.15) is 5.69 Å². The zero-order valence-electron chi connectivity index (χ0n) is 22.7. The third kappa shape index (κ3) is 4.42. The zero-order valence-corrected chi connectivity index (χ0v) is 25.0. The summed E-state index contributed by atoms with van der Waals surface area (Å²) in [5.74, 6) is -0.0774. The molecule has 2 N–H and O–H groups in total. The van der Waals surface area contributed by atoms with E-state index in [1.54, 1.807) is 18.7 Å². The first-order valence-corrected chi connectivity index (χ1v) is 14.3. The Labute approximate surface area is 247 Å². The van der Waals surface area contributed by atoms with Crippen LogP contribution in [0, 0.1) is 0 Å². The summed E-state index contributed by atoms with van der Waals surface area (Å²) >= 11 is 18.0. The highest BCUT2D eigenvalue weighted by Gasteiger charge is 2.45. The van der Waals surface area contributed by atoms with Crippen molar-refractivity contribution in [3.05, 3.63) is 58.9 Å². The molecule has 0 atom stereocenters. The van der Waals surface area contributed by atoms with Crippen LogP contribution in [-0.4, -0.2) is 63.4 Å². The lowest BCUT2D eigenvalue weighted by molar-refractivity contribution is 0.0470. The van der Waals surface area contributed by atoms with E-state index in [0.29, 0.717) is 25.2 Å². The second kappa shape index (κ2) is 9.58. The third-order valence-corrected chi connectivity index (χ3v) is 9.23. The number of nitrogens with zero attached hydrogens (tertiary/aromatic N) is 3. The fourth-order valence-electron chi connectivity index (χ4n) is 5.78. The van der Waals surface area contributed by atoms with Crippen molar-refractivity contribution in [2.75, 3.05) is 37.0 Å². The quantitative estimate of drug-likeness (QED) is 0.259. The van der Waals surface area contributed by atoms with Gasteiger partial charge in [-0.2, -0.15) is 0 Å². The summed E-state index contributed by atoms with van der Waals surface area (Å²) in [4.78, 5) is 39.1. The molecule has 0 saturated carbocycles. The van der Waals surface area contributed by atoms with E-state index in [4.69, 9.17) is 39.5 Å². The average molecular weight is 603 g/mol. The first-order valence-electron chi connectivity index (χ1n) is 13.2. The SMILES string of the molecule is CN(C)Cc1c[nH]c2ccc3c(c12)CCN3C(=O)c1cc2c3c(ccc2[nH]1)N(C(=O)OC(C)(C)C(Cl)(Cl)Cl)CC3. The number of benzene rings is 2. The average Bonchev–Trinajstić information content (AvgIpc) is 3.64. The number of nitrogens with one attached hydrogen (secondary N) is 2. The van der Waals surface area contributed by atoms with Crippen molar-refractivity contribution in [2.45, 2.75) is 42.6 Å². The Hall–Kier alpha value is -2.91. The minimum atomic E-state index is -1.78. The van der Waals surface area contributed by atoms with Crippen LogP contribution in [-0.2, 0) is 24.1 Å². The normalized spacial score (nSPS) is 15.4. The van der Waals surface area contributed by atoms with Gasteiger partial charge < -0.3 is 24.5 Å². The monoisotopic (exact) mass is 601 g/mol. The van der Waals surface area contributed by atoms with Crippen molar-refractivity contribution in [1.29, 1.82) is 0 Å². The second-order valence-corrected chi connectivity index (χ2v) is 13.5.